The highest BCUT2D eigenvalue weighted by Gasteiger charge is 2.23. The standard InChI is InChI=1S/C20H25BrN2O5S/c1-4-23(5-2)29(25,26)17-11-12-19(27-6-3)18(13-17)22-20(24)14-28-16-9-7-15(21)8-10-16/h7-13H,4-6,14H2,1-3H3,(H,22,24). The molecule has 2 aromatic carbocycles. The Morgan fingerprint density at radius 2 is 1.69 bits per heavy atom. The van der Waals surface area contributed by atoms with Crippen LogP contribution >= 0.6 is 15.9 Å². The SMILES string of the molecule is CCOc1ccc(S(=O)(=O)N(CC)CC)cc1NC(=O)COc1ccc(Br)cc1. The summed E-state index contributed by atoms with van der Waals surface area (Å²) in [5.74, 6) is 0.514. The minimum absolute atomic E-state index is 0.0915. The highest BCUT2D eigenvalue weighted by Crippen LogP contribution is 2.29. The van der Waals surface area contributed by atoms with Crippen molar-refractivity contribution in [2.75, 3.05) is 31.6 Å². The van der Waals surface area contributed by atoms with Gasteiger partial charge in [-0.05, 0) is 49.4 Å². The van der Waals surface area contributed by atoms with Crippen LogP contribution in [0.25, 0.3) is 0 Å². The molecule has 158 valence electrons. The maximum Gasteiger partial charge on any atom is 0.262 e. The van der Waals surface area contributed by atoms with E-state index in [1.807, 2.05) is 19.1 Å². The molecule has 29 heavy (non-hydrogen) atoms. The molecule has 0 unspecified atom stereocenters. The minimum atomic E-state index is -3.66. The van der Waals surface area contributed by atoms with Gasteiger partial charge in [0, 0.05) is 17.6 Å². The third kappa shape index (κ3) is 6.19. The first-order valence-electron chi connectivity index (χ1n) is 9.27. The largest absolute Gasteiger partial charge is 0.492 e. The van der Waals surface area contributed by atoms with Gasteiger partial charge in [-0.3, -0.25) is 4.79 Å². The molecular weight excluding hydrogens is 460 g/mol. The van der Waals surface area contributed by atoms with Crippen molar-refractivity contribution in [2.24, 2.45) is 0 Å². The predicted molar refractivity (Wildman–Crippen MR) is 116 cm³/mol. The summed E-state index contributed by atoms with van der Waals surface area (Å²) in [5, 5.41) is 2.68. The average molecular weight is 485 g/mol. The number of hydrogen-bond acceptors (Lipinski definition) is 5. The molecule has 0 fully saturated rings. The summed E-state index contributed by atoms with van der Waals surface area (Å²) in [6, 6.07) is 11.5. The van der Waals surface area contributed by atoms with E-state index >= 15 is 0 Å². The summed E-state index contributed by atoms with van der Waals surface area (Å²) in [4.78, 5) is 12.4. The topological polar surface area (TPSA) is 84.9 Å². The highest BCUT2D eigenvalue weighted by atomic mass is 79.9. The number of rotatable bonds is 10. The molecule has 2 rings (SSSR count). The molecule has 0 bridgehead atoms. The second-order valence-electron chi connectivity index (χ2n) is 5.97. The van der Waals surface area contributed by atoms with Crippen LogP contribution in [0.1, 0.15) is 20.8 Å². The van der Waals surface area contributed by atoms with Crippen LogP contribution in [-0.4, -0.2) is 44.9 Å². The Balaban J connectivity index is 2.20. The summed E-state index contributed by atoms with van der Waals surface area (Å²) in [5.41, 5.74) is 0.282. The summed E-state index contributed by atoms with van der Waals surface area (Å²) in [6.45, 7) is 6.22. The quantitative estimate of drug-likeness (QED) is 0.552. The molecule has 0 spiro atoms. The van der Waals surface area contributed by atoms with E-state index in [0.29, 0.717) is 31.2 Å². The zero-order valence-electron chi connectivity index (χ0n) is 16.6. The molecule has 7 nitrogen and oxygen atoms in total. The smallest absolute Gasteiger partial charge is 0.262 e. The Morgan fingerprint density at radius 1 is 1.03 bits per heavy atom. The lowest BCUT2D eigenvalue weighted by Gasteiger charge is -2.20. The van der Waals surface area contributed by atoms with Crippen molar-refractivity contribution in [1.29, 1.82) is 0 Å². The third-order valence-corrected chi connectivity index (χ3v) is 6.63. The Hall–Kier alpha value is -2.10. The maximum absolute atomic E-state index is 12.8. The number of amides is 1. The van der Waals surface area contributed by atoms with Crippen molar-refractivity contribution in [2.45, 2.75) is 25.7 Å². The zero-order valence-corrected chi connectivity index (χ0v) is 19.0. The fraction of sp³-hybridized carbons (Fsp3) is 0.350. The van der Waals surface area contributed by atoms with Gasteiger partial charge in [-0.1, -0.05) is 29.8 Å². The van der Waals surface area contributed by atoms with Gasteiger partial charge >= 0.3 is 0 Å². The van der Waals surface area contributed by atoms with Gasteiger partial charge in [0.25, 0.3) is 5.91 Å². The molecule has 0 radical (unpaired) electrons. The lowest BCUT2D eigenvalue weighted by Crippen LogP contribution is -2.30. The molecule has 0 atom stereocenters. The first-order chi connectivity index (χ1) is 13.8. The second-order valence-corrected chi connectivity index (χ2v) is 8.82. The number of benzene rings is 2. The number of ether oxygens (including phenoxy) is 2. The molecule has 1 amide bonds. The van der Waals surface area contributed by atoms with Gasteiger partial charge in [-0.25, -0.2) is 8.42 Å². The molecule has 0 saturated heterocycles. The lowest BCUT2D eigenvalue weighted by atomic mass is 10.3. The van der Waals surface area contributed by atoms with E-state index in [1.54, 1.807) is 32.0 Å². The zero-order chi connectivity index (χ0) is 21.4. The van der Waals surface area contributed by atoms with E-state index in [2.05, 4.69) is 21.2 Å². The fourth-order valence-corrected chi connectivity index (χ4v) is 4.38. The van der Waals surface area contributed by atoms with Gasteiger partial charge in [0.05, 0.1) is 17.2 Å². The number of nitrogens with one attached hydrogen (secondary N) is 1. The van der Waals surface area contributed by atoms with Crippen LogP contribution in [0, 0.1) is 0 Å². The van der Waals surface area contributed by atoms with Crippen LogP contribution in [0.5, 0.6) is 11.5 Å². The van der Waals surface area contributed by atoms with Crippen molar-refractivity contribution in [1.82, 2.24) is 4.31 Å². The number of carbonyl (C=O) groups excluding carboxylic acids is 1. The van der Waals surface area contributed by atoms with Crippen molar-refractivity contribution in [3.05, 3.63) is 46.9 Å². The van der Waals surface area contributed by atoms with E-state index < -0.39 is 15.9 Å². The molecule has 0 saturated carbocycles. The number of hydrogen-bond donors (Lipinski definition) is 1. The predicted octanol–water partition coefficient (Wildman–Crippen LogP) is 3.90. The number of sulfonamides is 1. The van der Waals surface area contributed by atoms with E-state index in [9.17, 15) is 13.2 Å². The molecule has 0 aliphatic rings. The van der Waals surface area contributed by atoms with Crippen LogP contribution in [0.15, 0.2) is 51.8 Å². The van der Waals surface area contributed by atoms with Crippen molar-refractivity contribution in [3.8, 4) is 11.5 Å². The minimum Gasteiger partial charge on any atom is -0.492 e. The van der Waals surface area contributed by atoms with E-state index in [1.165, 1.54) is 16.4 Å². The van der Waals surface area contributed by atoms with E-state index in [-0.39, 0.29) is 17.2 Å². The van der Waals surface area contributed by atoms with Crippen LogP contribution < -0.4 is 14.8 Å². The summed E-state index contributed by atoms with van der Waals surface area (Å²) in [7, 11) is -3.66. The lowest BCUT2D eigenvalue weighted by molar-refractivity contribution is -0.118. The van der Waals surface area contributed by atoms with Gasteiger partial charge in [-0.2, -0.15) is 4.31 Å². The number of anilines is 1. The molecule has 0 aliphatic heterocycles. The molecule has 1 N–H and O–H groups in total. The number of halogens is 1. The maximum atomic E-state index is 12.8. The fourth-order valence-electron chi connectivity index (χ4n) is 2.63. The number of carbonyl (C=O) groups is 1. The summed E-state index contributed by atoms with van der Waals surface area (Å²) < 4.78 is 38.8. The summed E-state index contributed by atoms with van der Waals surface area (Å²) in [6.07, 6.45) is 0. The van der Waals surface area contributed by atoms with Gasteiger partial charge in [0.1, 0.15) is 11.5 Å². The molecule has 0 aromatic heterocycles. The van der Waals surface area contributed by atoms with Crippen LogP contribution in [-0.2, 0) is 14.8 Å². The number of nitrogens with zero attached hydrogens (tertiary/aromatic N) is 1. The van der Waals surface area contributed by atoms with Gasteiger partial charge in [-0.15, -0.1) is 0 Å². The van der Waals surface area contributed by atoms with Crippen LogP contribution in [0.4, 0.5) is 5.69 Å². The molecule has 0 heterocycles. The van der Waals surface area contributed by atoms with Crippen LogP contribution in [0.2, 0.25) is 0 Å². The van der Waals surface area contributed by atoms with Crippen LogP contribution in [0.3, 0.4) is 0 Å². The van der Waals surface area contributed by atoms with Gasteiger partial charge in [0.2, 0.25) is 10.0 Å². The Bertz CT molecular complexity index is 928. The Labute approximate surface area is 180 Å². The van der Waals surface area contributed by atoms with Gasteiger partial charge in [0.15, 0.2) is 6.61 Å². The first-order valence-corrected chi connectivity index (χ1v) is 11.5. The molecule has 9 heteroatoms. The normalized spacial score (nSPS) is 11.3. The van der Waals surface area contributed by atoms with Gasteiger partial charge < -0.3 is 14.8 Å². The third-order valence-electron chi connectivity index (χ3n) is 4.05. The Kier molecular flexibility index (Phi) is 8.48. The van der Waals surface area contributed by atoms with E-state index in [0.717, 1.165) is 4.47 Å². The Morgan fingerprint density at radius 3 is 2.28 bits per heavy atom. The summed E-state index contributed by atoms with van der Waals surface area (Å²) >= 11 is 3.33. The molecular formula is C20H25BrN2O5S. The average Bonchev–Trinajstić information content (AvgIpc) is 2.69. The van der Waals surface area contributed by atoms with Crippen molar-refractivity contribution < 1.29 is 22.7 Å². The monoisotopic (exact) mass is 484 g/mol. The highest BCUT2D eigenvalue weighted by molar-refractivity contribution is 9.10. The van der Waals surface area contributed by atoms with Crippen molar-refractivity contribution >= 4 is 37.5 Å². The van der Waals surface area contributed by atoms with Crippen molar-refractivity contribution in [3.63, 3.8) is 0 Å². The second kappa shape index (κ2) is 10.6. The first kappa shape index (κ1) is 23.2. The molecule has 2 aromatic rings. The molecule has 0 aliphatic carbocycles. The van der Waals surface area contributed by atoms with E-state index in [4.69, 9.17) is 9.47 Å².